The van der Waals surface area contributed by atoms with Crippen LogP contribution in [0.15, 0.2) is 29.3 Å². The maximum absolute atomic E-state index is 12.5. The molecule has 0 bridgehead atoms. The SMILES string of the molecule is CN=C(NCCOCCC(C)C)NCc1ccc(C(=O)N2CCCCC2)cc1.I. The summed E-state index contributed by atoms with van der Waals surface area (Å²) in [4.78, 5) is 18.7. The standard InChI is InChI=1S/C22H36N4O2.HI/c1-18(2)11-15-28-16-12-24-22(23-3)25-17-19-7-9-20(10-8-19)21(27)26-13-5-4-6-14-26;/h7-10,18H,4-6,11-17H2,1-3H3,(H2,23,24,25);1H. The van der Waals surface area contributed by atoms with Crippen LogP contribution in [0.4, 0.5) is 0 Å². The van der Waals surface area contributed by atoms with Crippen LogP contribution in [0.3, 0.4) is 0 Å². The maximum atomic E-state index is 12.5. The van der Waals surface area contributed by atoms with Crippen LogP contribution in [0.5, 0.6) is 0 Å². The Hall–Kier alpha value is -1.35. The molecule has 1 aromatic rings. The van der Waals surface area contributed by atoms with Gasteiger partial charge in [0.25, 0.3) is 5.91 Å². The summed E-state index contributed by atoms with van der Waals surface area (Å²) in [6, 6.07) is 7.86. The van der Waals surface area contributed by atoms with Crippen LogP contribution < -0.4 is 10.6 Å². The van der Waals surface area contributed by atoms with Crippen LogP contribution in [0.25, 0.3) is 0 Å². The highest BCUT2D eigenvalue weighted by atomic mass is 127. The second-order valence-corrected chi connectivity index (χ2v) is 7.70. The third-order valence-corrected chi connectivity index (χ3v) is 4.91. The Morgan fingerprint density at radius 1 is 1.10 bits per heavy atom. The molecular weight excluding hydrogens is 479 g/mol. The number of hydrogen-bond acceptors (Lipinski definition) is 3. The Morgan fingerprint density at radius 2 is 1.79 bits per heavy atom. The van der Waals surface area contributed by atoms with E-state index in [0.29, 0.717) is 19.1 Å². The van der Waals surface area contributed by atoms with Gasteiger partial charge in [0.2, 0.25) is 0 Å². The van der Waals surface area contributed by atoms with Crippen LogP contribution in [0, 0.1) is 5.92 Å². The fourth-order valence-corrected chi connectivity index (χ4v) is 3.11. The lowest BCUT2D eigenvalue weighted by molar-refractivity contribution is 0.0724. The molecule has 0 atom stereocenters. The topological polar surface area (TPSA) is 66.0 Å². The second kappa shape index (κ2) is 14.6. The Kier molecular flexibility index (Phi) is 12.9. The first-order valence-electron chi connectivity index (χ1n) is 10.5. The van der Waals surface area contributed by atoms with Crippen LogP contribution >= 0.6 is 24.0 Å². The summed E-state index contributed by atoms with van der Waals surface area (Å²) in [5, 5.41) is 6.55. The van der Waals surface area contributed by atoms with Crippen molar-refractivity contribution in [3.05, 3.63) is 35.4 Å². The summed E-state index contributed by atoms with van der Waals surface area (Å²) >= 11 is 0. The van der Waals surface area contributed by atoms with E-state index in [0.717, 1.165) is 62.6 Å². The number of nitrogens with one attached hydrogen (secondary N) is 2. The van der Waals surface area contributed by atoms with Crippen molar-refractivity contribution < 1.29 is 9.53 Å². The highest BCUT2D eigenvalue weighted by Crippen LogP contribution is 2.13. The number of likely N-dealkylation sites (tertiary alicyclic amines) is 1. The molecule has 0 unspecified atom stereocenters. The molecule has 2 rings (SSSR count). The van der Waals surface area contributed by atoms with Gasteiger partial charge in [0, 0.05) is 45.4 Å². The van der Waals surface area contributed by atoms with Crippen molar-refractivity contribution in [2.45, 2.75) is 46.1 Å². The first-order valence-corrected chi connectivity index (χ1v) is 10.5. The van der Waals surface area contributed by atoms with Gasteiger partial charge in [-0.05, 0) is 49.3 Å². The number of rotatable bonds is 9. The Bertz CT molecular complexity index is 614. The van der Waals surface area contributed by atoms with Crippen LogP contribution in [-0.2, 0) is 11.3 Å². The molecule has 1 amide bonds. The zero-order chi connectivity index (χ0) is 20.2. The molecule has 0 aliphatic carbocycles. The second-order valence-electron chi connectivity index (χ2n) is 7.70. The molecule has 6 nitrogen and oxygen atoms in total. The van der Waals surface area contributed by atoms with E-state index < -0.39 is 0 Å². The molecule has 29 heavy (non-hydrogen) atoms. The molecule has 1 saturated heterocycles. The number of halogens is 1. The zero-order valence-corrected chi connectivity index (χ0v) is 20.4. The molecule has 0 radical (unpaired) electrons. The highest BCUT2D eigenvalue weighted by Gasteiger charge is 2.17. The lowest BCUT2D eigenvalue weighted by Crippen LogP contribution is -2.38. The van der Waals surface area contributed by atoms with E-state index in [1.807, 2.05) is 29.2 Å². The Morgan fingerprint density at radius 3 is 2.41 bits per heavy atom. The summed E-state index contributed by atoms with van der Waals surface area (Å²) in [6.45, 7) is 9.01. The van der Waals surface area contributed by atoms with Crippen molar-refractivity contribution in [2.75, 3.05) is 39.9 Å². The summed E-state index contributed by atoms with van der Waals surface area (Å²) in [6.07, 6.45) is 4.54. The van der Waals surface area contributed by atoms with E-state index in [4.69, 9.17) is 4.74 Å². The molecule has 1 fully saturated rings. The largest absolute Gasteiger partial charge is 0.380 e. The normalized spacial score (nSPS) is 14.5. The number of nitrogens with zero attached hydrogens (tertiary/aromatic N) is 2. The van der Waals surface area contributed by atoms with E-state index in [9.17, 15) is 4.79 Å². The van der Waals surface area contributed by atoms with Crippen LogP contribution in [0.2, 0.25) is 0 Å². The highest BCUT2D eigenvalue weighted by molar-refractivity contribution is 14.0. The van der Waals surface area contributed by atoms with Gasteiger partial charge >= 0.3 is 0 Å². The molecule has 2 N–H and O–H groups in total. The number of aliphatic imine (C=N–C) groups is 1. The first-order chi connectivity index (χ1) is 13.6. The van der Waals surface area contributed by atoms with Gasteiger partial charge in [-0.15, -0.1) is 24.0 Å². The number of guanidine groups is 1. The minimum Gasteiger partial charge on any atom is -0.380 e. The average molecular weight is 516 g/mol. The Balaban J connectivity index is 0.00000420. The molecule has 0 aromatic heterocycles. The van der Waals surface area contributed by atoms with E-state index in [2.05, 4.69) is 29.5 Å². The smallest absolute Gasteiger partial charge is 0.253 e. The molecule has 1 aromatic carbocycles. The number of amides is 1. The fourth-order valence-electron chi connectivity index (χ4n) is 3.11. The van der Waals surface area contributed by atoms with Crippen molar-refractivity contribution in [1.29, 1.82) is 0 Å². The minimum absolute atomic E-state index is 0. The molecule has 7 heteroatoms. The molecule has 1 aliphatic rings. The van der Waals surface area contributed by atoms with Gasteiger partial charge in [0.1, 0.15) is 0 Å². The van der Waals surface area contributed by atoms with E-state index in [1.54, 1.807) is 7.05 Å². The summed E-state index contributed by atoms with van der Waals surface area (Å²) in [5.41, 5.74) is 1.89. The zero-order valence-electron chi connectivity index (χ0n) is 18.1. The predicted molar refractivity (Wildman–Crippen MR) is 130 cm³/mol. The quantitative estimate of drug-likeness (QED) is 0.228. The summed E-state index contributed by atoms with van der Waals surface area (Å²) in [5.74, 6) is 1.57. The van der Waals surface area contributed by atoms with Gasteiger partial charge in [0.05, 0.1) is 6.61 Å². The monoisotopic (exact) mass is 516 g/mol. The number of hydrogen-bond donors (Lipinski definition) is 2. The third-order valence-electron chi connectivity index (χ3n) is 4.91. The van der Waals surface area contributed by atoms with Crippen molar-refractivity contribution in [3.8, 4) is 0 Å². The Labute approximate surface area is 192 Å². The third kappa shape index (κ3) is 9.80. The first kappa shape index (κ1) is 25.7. The maximum Gasteiger partial charge on any atom is 0.253 e. The average Bonchev–Trinajstić information content (AvgIpc) is 2.73. The minimum atomic E-state index is 0. The summed E-state index contributed by atoms with van der Waals surface area (Å²) < 4.78 is 5.61. The molecule has 1 aliphatic heterocycles. The van der Waals surface area contributed by atoms with Crippen molar-refractivity contribution in [2.24, 2.45) is 10.9 Å². The number of carbonyl (C=O) groups is 1. The fraction of sp³-hybridized carbons (Fsp3) is 0.636. The lowest BCUT2D eigenvalue weighted by atomic mass is 10.1. The van der Waals surface area contributed by atoms with E-state index in [1.165, 1.54) is 6.42 Å². The molecule has 1 heterocycles. The van der Waals surface area contributed by atoms with Gasteiger partial charge in [-0.25, -0.2) is 0 Å². The van der Waals surface area contributed by atoms with Crippen LogP contribution in [-0.4, -0.2) is 56.7 Å². The van der Waals surface area contributed by atoms with Gasteiger partial charge in [-0.2, -0.15) is 0 Å². The van der Waals surface area contributed by atoms with E-state index in [-0.39, 0.29) is 29.9 Å². The van der Waals surface area contributed by atoms with Gasteiger partial charge < -0.3 is 20.3 Å². The van der Waals surface area contributed by atoms with Crippen LogP contribution in [0.1, 0.15) is 55.5 Å². The number of carbonyl (C=O) groups excluding carboxylic acids is 1. The predicted octanol–water partition coefficient (Wildman–Crippen LogP) is 3.66. The molecule has 164 valence electrons. The molecular formula is C22H37IN4O2. The van der Waals surface area contributed by atoms with Crippen molar-refractivity contribution in [1.82, 2.24) is 15.5 Å². The number of benzene rings is 1. The lowest BCUT2D eigenvalue weighted by Gasteiger charge is -2.26. The summed E-state index contributed by atoms with van der Waals surface area (Å²) in [7, 11) is 1.76. The number of piperidine rings is 1. The van der Waals surface area contributed by atoms with E-state index >= 15 is 0 Å². The number of ether oxygens (including phenoxy) is 1. The molecule has 0 spiro atoms. The van der Waals surface area contributed by atoms with Crippen molar-refractivity contribution >= 4 is 35.8 Å². The van der Waals surface area contributed by atoms with Crippen molar-refractivity contribution in [3.63, 3.8) is 0 Å². The molecule has 0 saturated carbocycles. The van der Waals surface area contributed by atoms with Gasteiger partial charge in [-0.1, -0.05) is 26.0 Å². The van der Waals surface area contributed by atoms with Gasteiger partial charge in [0.15, 0.2) is 5.96 Å². The van der Waals surface area contributed by atoms with Gasteiger partial charge in [-0.3, -0.25) is 9.79 Å².